The van der Waals surface area contributed by atoms with Crippen molar-refractivity contribution >= 4 is 5.97 Å². The minimum Gasteiger partial charge on any atom is -0.464 e. The third-order valence-corrected chi connectivity index (χ3v) is 2.04. The highest BCUT2D eigenvalue weighted by molar-refractivity contribution is 5.87. The van der Waals surface area contributed by atoms with E-state index in [1.807, 2.05) is 6.20 Å². The Balaban J connectivity index is 2.39. The van der Waals surface area contributed by atoms with Crippen LogP contribution in [-0.2, 0) is 14.3 Å². The standard InChI is InChI=1S/C10H16N2O3/c1-14-10(13)9(11)3-2-4-12-5-7-15-8-6-12/h2-4H,5-8,11H2,1H3/b4-2+,9-3+. The van der Waals surface area contributed by atoms with Crippen LogP contribution in [0.5, 0.6) is 0 Å². The van der Waals surface area contributed by atoms with Crippen LogP contribution in [0.15, 0.2) is 24.0 Å². The summed E-state index contributed by atoms with van der Waals surface area (Å²) in [5.41, 5.74) is 5.53. The van der Waals surface area contributed by atoms with E-state index >= 15 is 0 Å². The van der Waals surface area contributed by atoms with Crippen LogP contribution in [0, 0.1) is 0 Å². The van der Waals surface area contributed by atoms with Crippen molar-refractivity contribution in [1.29, 1.82) is 0 Å². The first-order valence-corrected chi connectivity index (χ1v) is 4.78. The first-order valence-electron chi connectivity index (χ1n) is 4.78. The smallest absolute Gasteiger partial charge is 0.353 e. The van der Waals surface area contributed by atoms with Crippen molar-refractivity contribution in [3.8, 4) is 0 Å². The third kappa shape index (κ3) is 4.03. The van der Waals surface area contributed by atoms with Gasteiger partial charge in [0.2, 0.25) is 0 Å². The molecule has 0 radical (unpaired) electrons. The van der Waals surface area contributed by atoms with E-state index < -0.39 is 5.97 Å². The fourth-order valence-electron chi connectivity index (χ4n) is 1.18. The second-order valence-corrected chi connectivity index (χ2v) is 3.10. The summed E-state index contributed by atoms with van der Waals surface area (Å²) in [4.78, 5) is 13.0. The Morgan fingerprint density at radius 2 is 2.13 bits per heavy atom. The van der Waals surface area contributed by atoms with Crippen LogP contribution in [0.25, 0.3) is 0 Å². The van der Waals surface area contributed by atoms with Gasteiger partial charge < -0.3 is 20.1 Å². The molecule has 0 spiro atoms. The molecule has 0 amide bonds. The van der Waals surface area contributed by atoms with Crippen molar-refractivity contribution in [3.05, 3.63) is 24.0 Å². The highest BCUT2D eigenvalue weighted by Gasteiger charge is 2.05. The van der Waals surface area contributed by atoms with Gasteiger partial charge >= 0.3 is 5.97 Å². The number of hydrogen-bond acceptors (Lipinski definition) is 5. The second kappa shape index (κ2) is 6.08. The fraction of sp³-hybridized carbons (Fsp3) is 0.500. The Hall–Kier alpha value is -1.49. The van der Waals surface area contributed by atoms with Crippen molar-refractivity contribution < 1.29 is 14.3 Å². The maximum atomic E-state index is 10.9. The van der Waals surface area contributed by atoms with Crippen LogP contribution < -0.4 is 5.73 Å². The summed E-state index contributed by atoms with van der Waals surface area (Å²) in [7, 11) is 1.30. The van der Waals surface area contributed by atoms with E-state index in [9.17, 15) is 4.79 Å². The van der Waals surface area contributed by atoms with Gasteiger partial charge in [-0.2, -0.15) is 0 Å². The lowest BCUT2D eigenvalue weighted by molar-refractivity contribution is -0.136. The van der Waals surface area contributed by atoms with Crippen LogP contribution in [0.1, 0.15) is 0 Å². The lowest BCUT2D eigenvalue weighted by Crippen LogP contribution is -2.31. The molecule has 0 bridgehead atoms. The molecule has 1 aliphatic heterocycles. The average molecular weight is 212 g/mol. The molecule has 0 aliphatic carbocycles. The van der Waals surface area contributed by atoms with E-state index in [0.29, 0.717) is 0 Å². The minimum absolute atomic E-state index is 0.0991. The fourth-order valence-corrected chi connectivity index (χ4v) is 1.18. The highest BCUT2D eigenvalue weighted by atomic mass is 16.5. The highest BCUT2D eigenvalue weighted by Crippen LogP contribution is 1.98. The van der Waals surface area contributed by atoms with Crippen molar-refractivity contribution in [2.45, 2.75) is 0 Å². The molecule has 1 saturated heterocycles. The van der Waals surface area contributed by atoms with Gasteiger partial charge in [-0.3, -0.25) is 0 Å². The molecule has 0 aromatic carbocycles. The minimum atomic E-state index is -0.512. The summed E-state index contributed by atoms with van der Waals surface area (Å²) in [6.45, 7) is 3.20. The number of allylic oxidation sites excluding steroid dienone is 2. The second-order valence-electron chi connectivity index (χ2n) is 3.10. The van der Waals surface area contributed by atoms with Crippen molar-refractivity contribution in [2.75, 3.05) is 33.4 Å². The summed E-state index contributed by atoms with van der Waals surface area (Å²) < 4.78 is 9.65. The first-order chi connectivity index (χ1) is 7.24. The average Bonchev–Trinajstić information content (AvgIpc) is 2.29. The molecule has 0 unspecified atom stereocenters. The Bertz CT molecular complexity index is 268. The van der Waals surface area contributed by atoms with Gasteiger partial charge in [-0.25, -0.2) is 4.79 Å². The monoisotopic (exact) mass is 212 g/mol. The van der Waals surface area contributed by atoms with Gasteiger partial charge in [0.15, 0.2) is 0 Å². The zero-order valence-electron chi connectivity index (χ0n) is 8.81. The van der Waals surface area contributed by atoms with Crippen LogP contribution >= 0.6 is 0 Å². The summed E-state index contributed by atoms with van der Waals surface area (Å²) >= 11 is 0. The zero-order chi connectivity index (χ0) is 11.1. The molecule has 0 saturated carbocycles. The predicted molar refractivity (Wildman–Crippen MR) is 55.8 cm³/mol. The van der Waals surface area contributed by atoms with Crippen molar-refractivity contribution in [3.63, 3.8) is 0 Å². The van der Waals surface area contributed by atoms with E-state index in [2.05, 4.69) is 9.64 Å². The molecule has 5 heteroatoms. The summed E-state index contributed by atoms with van der Waals surface area (Å²) in [6, 6.07) is 0. The van der Waals surface area contributed by atoms with Gasteiger partial charge in [0.05, 0.1) is 20.3 Å². The lowest BCUT2D eigenvalue weighted by Gasteiger charge is -2.24. The molecule has 1 aliphatic rings. The van der Waals surface area contributed by atoms with Crippen LogP contribution in [0.2, 0.25) is 0 Å². The molecule has 15 heavy (non-hydrogen) atoms. The number of nitrogens with zero attached hydrogens (tertiary/aromatic N) is 1. The number of hydrogen-bond donors (Lipinski definition) is 1. The molecule has 0 atom stereocenters. The van der Waals surface area contributed by atoms with Gasteiger partial charge in [-0.1, -0.05) is 0 Å². The number of nitrogens with two attached hydrogens (primary N) is 1. The zero-order valence-corrected chi connectivity index (χ0v) is 8.81. The Morgan fingerprint density at radius 1 is 1.47 bits per heavy atom. The lowest BCUT2D eigenvalue weighted by atomic mass is 10.4. The van der Waals surface area contributed by atoms with Crippen molar-refractivity contribution in [2.24, 2.45) is 5.73 Å². The SMILES string of the molecule is COC(=O)/C(N)=C\C=C\N1CCOCC1. The molecule has 5 nitrogen and oxygen atoms in total. The first kappa shape index (κ1) is 11.6. The summed E-state index contributed by atoms with van der Waals surface area (Å²) in [6.07, 6.45) is 5.15. The molecular formula is C10H16N2O3. The normalized spacial score (nSPS) is 18.2. The molecule has 1 fully saturated rings. The molecule has 2 N–H and O–H groups in total. The number of morpholine rings is 1. The summed E-state index contributed by atoms with van der Waals surface area (Å²) in [5, 5.41) is 0. The maximum Gasteiger partial charge on any atom is 0.353 e. The number of methoxy groups -OCH3 is 1. The van der Waals surface area contributed by atoms with Gasteiger partial charge in [0.25, 0.3) is 0 Å². The van der Waals surface area contributed by atoms with Crippen LogP contribution in [0.3, 0.4) is 0 Å². The van der Waals surface area contributed by atoms with Gasteiger partial charge in [-0.05, 0) is 18.4 Å². The summed E-state index contributed by atoms with van der Waals surface area (Å²) in [5.74, 6) is -0.512. The van der Waals surface area contributed by atoms with E-state index in [4.69, 9.17) is 10.5 Å². The largest absolute Gasteiger partial charge is 0.464 e. The molecule has 0 aromatic rings. The molecule has 1 heterocycles. The maximum absolute atomic E-state index is 10.9. The topological polar surface area (TPSA) is 64.8 Å². The number of esters is 1. The number of carbonyl (C=O) groups excluding carboxylic acids is 1. The Kier molecular flexibility index (Phi) is 4.70. The van der Waals surface area contributed by atoms with E-state index in [-0.39, 0.29) is 5.70 Å². The predicted octanol–water partition coefficient (Wildman–Crippen LogP) is -0.152. The Labute approximate surface area is 89.1 Å². The van der Waals surface area contributed by atoms with E-state index in [1.165, 1.54) is 13.2 Å². The molecule has 1 rings (SSSR count). The van der Waals surface area contributed by atoms with Gasteiger partial charge in [0.1, 0.15) is 5.70 Å². The van der Waals surface area contributed by atoms with Crippen molar-refractivity contribution in [1.82, 2.24) is 4.90 Å². The quantitative estimate of drug-likeness (QED) is 0.400. The molecular weight excluding hydrogens is 196 g/mol. The molecule has 0 aromatic heterocycles. The van der Waals surface area contributed by atoms with Crippen LogP contribution in [0.4, 0.5) is 0 Å². The van der Waals surface area contributed by atoms with Gasteiger partial charge in [0, 0.05) is 13.1 Å². The number of rotatable bonds is 3. The number of carbonyl (C=O) groups is 1. The third-order valence-electron chi connectivity index (χ3n) is 2.04. The number of ether oxygens (including phenoxy) is 2. The molecule has 84 valence electrons. The van der Waals surface area contributed by atoms with E-state index in [0.717, 1.165) is 26.3 Å². The Morgan fingerprint density at radius 3 is 2.73 bits per heavy atom. The van der Waals surface area contributed by atoms with Gasteiger partial charge in [-0.15, -0.1) is 0 Å². The van der Waals surface area contributed by atoms with E-state index in [1.54, 1.807) is 6.08 Å². The van der Waals surface area contributed by atoms with Crippen LogP contribution in [-0.4, -0.2) is 44.3 Å².